The van der Waals surface area contributed by atoms with Crippen LogP contribution < -0.4 is 5.32 Å². The largest absolute Gasteiger partial charge is 0.467 e. The van der Waals surface area contributed by atoms with E-state index in [1.54, 1.807) is 19.1 Å². The van der Waals surface area contributed by atoms with E-state index >= 15 is 0 Å². The summed E-state index contributed by atoms with van der Waals surface area (Å²) in [6.07, 6.45) is 0.743. The molecule has 0 saturated carbocycles. The first-order valence-electron chi connectivity index (χ1n) is 6.44. The highest BCUT2D eigenvalue weighted by Crippen LogP contribution is 2.19. The van der Waals surface area contributed by atoms with Crippen LogP contribution in [0.4, 0.5) is 8.78 Å². The number of carbonyl (C=O) groups is 1. The molecule has 0 saturated heterocycles. The second kappa shape index (κ2) is 6.49. The third-order valence-corrected chi connectivity index (χ3v) is 3.00. The van der Waals surface area contributed by atoms with Crippen molar-refractivity contribution >= 4 is 5.91 Å². The van der Waals surface area contributed by atoms with Crippen molar-refractivity contribution < 1.29 is 23.1 Å². The number of amides is 1. The van der Waals surface area contributed by atoms with Crippen LogP contribution >= 0.6 is 0 Å². The number of aliphatic hydroxyl groups excluding tert-OH is 1. The normalized spacial score (nSPS) is 13.7. The van der Waals surface area contributed by atoms with Gasteiger partial charge in [-0.1, -0.05) is 0 Å². The Labute approximate surface area is 120 Å². The predicted octanol–water partition coefficient (Wildman–Crippen LogP) is 2.80. The number of aliphatic hydroxyl groups is 1. The lowest BCUT2D eigenvalue weighted by atomic mass is 10.1. The quantitative estimate of drug-likeness (QED) is 0.891. The van der Waals surface area contributed by atoms with Gasteiger partial charge in [0.2, 0.25) is 0 Å². The minimum atomic E-state index is -0.882. The molecule has 2 unspecified atom stereocenters. The topological polar surface area (TPSA) is 62.5 Å². The van der Waals surface area contributed by atoms with Crippen molar-refractivity contribution in [2.45, 2.75) is 25.5 Å². The van der Waals surface area contributed by atoms with Gasteiger partial charge in [0.1, 0.15) is 23.5 Å². The Kier molecular flexibility index (Phi) is 4.70. The van der Waals surface area contributed by atoms with Crippen LogP contribution in [-0.4, -0.2) is 17.1 Å². The van der Waals surface area contributed by atoms with E-state index in [9.17, 15) is 18.7 Å². The first kappa shape index (κ1) is 15.2. The number of nitrogens with one attached hydrogen (secondary N) is 1. The lowest BCUT2D eigenvalue weighted by molar-refractivity contribution is 0.0899. The molecule has 1 amide bonds. The molecule has 6 heteroatoms. The molecule has 0 aliphatic carbocycles. The molecule has 112 valence electrons. The molecular weight excluding hydrogens is 280 g/mol. The summed E-state index contributed by atoms with van der Waals surface area (Å²) in [6, 6.07) is 5.48. The predicted molar refractivity (Wildman–Crippen MR) is 71.6 cm³/mol. The lowest BCUT2D eigenvalue weighted by Crippen LogP contribution is -2.34. The summed E-state index contributed by atoms with van der Waals surface area (Å²) in [7, 11) is 0. The molecule has 4 nitrogen and oxygen atoms in total. The summed E-state index contributed by atoms with van der Waals surface area (Å²) in [5.74, 6) is -1.84. The van der Waals surface area contributed by atoms with E-state index in [2.05, 4.69) is 5.32 Å². The van der Waals surface area contributed by atoms with Gasteiger partial charge in [0.05, 0.1) is 11.8 Å². The first-order valence-corrected chi connectivity index (χ1v) is 6.44. The average molecular weight is 295 g/mol. The zero-order valence-electron chi connectivity index (χ0n) is 11.3. The maximum absolute atomic E-state index is 13.5. The zero-order chi connectivity index (χ0) is 15.4. The molecule has 2 atom stereocenters. The van der Waals surface area contributed by atoms with Crippen LogP contribution in [0.3, 0.4) is 0 Å². The molecular formula is C15H15F2NO3. The molecule has 21 heavy (non-hydrogen) atoms. The highest BCUT2D eigenvalue weighted by Gasteiger charge is 2.19. The van der Waals surface area contributed by atoms with Gasteiger partial charge in [0, 0.05) is 12.5 Å². The van der Waals surface area contributed by atoms with Crippen molar-refractivity contribution in [3.8, 4) is 0 Å². The second-order valence-corrected chi connectivity index (χ2v) is 4.77. The molecule has 0 aliphatic rings. The first-order chi connectivity index (χ1) is 9.97. The van der Waals surface area contributed by atoms with Gasteiger partial charge in [-0.25, -0.2) is 8.78 Å². The van der Waals surface area contributed by atoms with Crippen LogP contribution in [0.1, 0.15) is 35.6 Å². The van der Waals surface area contributed by atoms with Crippen LogP contribution in [-0.2, 0) is 0 Å². The third-order valence-electron chi connectivity index (χ3n) is 3.00. The molecule has 2 N–H and O–H groups in total. The SMILES string of the molecule is CC(CC(O)c1ccco1)NC(=O)c1cc(F)ccc1F. The molecule has 0 fully saturated rings. The van der Waals surface area contributed by atoms with E-state index in [1.807, 2.05) is 0 Å². The molecule has 1 aromatic heterocycles. The van der Waals surface area contributed by atoms with Crippen molar-refractivity contribution in [1.82, 2.24) is 5.32 Å². The van der Waals surface area contributed by atoms with Gasteiger partial charge in [0.15, 0.2) is 0 Å². The Morgan fingerprint density at radius 3 is 2.81 bits per heavy atom. The summed E-state index contributed by atoms with van der Waals surface area (Å²) in [5.41, 5.74) is -0.366. The van der Waals surface area contributed by atoms with Gasteiger partial charge in [-0.05, 0) is 37.3 Å². The van der Waals surface area contributed by atoms with Gasteiger partial charge in [0.25, 0.3) is 5.91 Å². The second-order valence-electron chi connectivity index (χ2n) is 4.77. The summed E-state index contributed by atoms with van der Waals surface area (Å²) >= 11 is 0. The fourth-order valence-corrected chi connectivity index (χ4v) is 1.96. The molecule has 0 radical (unpaired) electrons. The number of furan rings is 1. The monoisotopic (exact) mass is 295 g/mol. The summed E-state index contributed by atoms with van der Waals surface area (Å²) in [5, 5.41) is 12.4. The van der Waals surface area contributed by atoms with Gasteiger partial charge in [-0.3, -0.25) is 4.79 Å². The van der Waals surface area contributed by atoms with E-state index < -0.39 is 29.7 Å². The van der Waals surface area contributed by atoms with E-state index in [0.717, 1.165) is 18.2 Å². The van der Waals surface area contributed by atoms with Gasteiger partial charge >= 0.3 is 0 Å². The smallest absolute Gasteiger partial charge is 0.254 e. The Morgan fingerprint density at radius 2 is 2.14 bits per heavy atom. The van der Waals surface area contributed by atoms with Crippen LogP contribution in [0.5, 0.6) is 0 Å². The Balaban J connectivity index is 1.97. The lowest BCUT2D eigenvalue weighted by Gasteiger charge is -2.17. The van der Waals surface area contributed by atoms with Gasteiger partial charge in [-0.15, -0.1) is 0 Å². The van der Waals surface area contributed by atoms with E-state index in [-0.39, 0.29) is 12.0 Å². The molecule has 0 spiro atoms. The Morgan fingerprint density at radius 1 is 1.38 bits per heavy atom. The number of hydrogen-bond donors (Lipinski definition) is 2. The molecule has 1 heterocycles. The Bertz CT molecular complexity index is 613. The number of rotatable bonds is 5. The highest BCUT2D eigenvalue weighted by molar-refractivity contribution is 5.94. The van der Waals surface area contributed by atoms with Gasteiger partial charge < -0.3 is 14.8 Å². The molecule has 1 aromatic carbocycles. The Hall–Kier alpha value is -2.21. The standard InChI is InChI=1S/C15H15F2NO3/c1-9(7-13(19)14-3-2-6-21-14)18-15(20)11-8-10(16)4-5-12(11)17/h2-6,8-9,13,19H,7H2,1H3,(H,18,20). The van der Waals surface area contributed by atoms with Crippen molar-refractivity contribution in [2.75, 3.05) is 0 Å². The summed E-state index contributed by atoms with van der Waals surface area (Å²) in [6.45, 7) is 1.65. The molecule has 2 rings (SSSR count). The van der Waals surface area contributed by atoms with Gasteiger partial charge in [-0.2, -0.15) is 0 Å². The minimum absolute atomic E-state index is 0.191. The maximum Gasteiger partial charge on any atom is 0.254 e. The number of halogens is 2. The summed E-state index contributed by atoms with van der Waals surface area (Å²) < 4.78 is 31.6. The minimum Gasteiger partial charge on any atom is -0.467 e. The van der Waals surface area contributed by atoms with Crippen molar-refractivity contribution in [3.63, 3.8) is 0 Å². The van der Waals surface area contributed by atoms with E-state index in [0.29, 0.717) is 5.76 Å². The van der Waals surface area contributed by atoms with Crippen LogP contribution in [0.25, 0.3) is 0 Å². The maximum atomic E-state index is 13.5. The molecule has 2 aromatic rings. The van der Waals surface area contributed by atoms with E-state index in [1.165, 1.54) is 6.26 Å². The number of hydrogen-bond acceptors (Lipinski definition) is 3. The third kappa shape index (κ3) is 3.88. The summed E-state index contributed by atoms with van der Waals surface area (Å²) in [4.78, 5) is 11.9. The fourth-order valence-electron chi connectivity index (χ4n) is 1.96. The van der Waals surface area contributed by atoms with Crippen LogP contribution in [0, 0.1) is 11.6 Å². The molecule has 0 aliphatic heterocycles. The molecule has 0 bridgehead atoms. The number of benzene rings is 1. The zero-order valence-corrected chi connectivity index (χ0v) is 11.3. The fraction of sp³-hybridized carbons (Fsp3) is 0.267. The van der Waals surface area contributed by atoms with Crippen molar-refractivity contribution in [1.29, 1.82) is 0 Å². The van der Waals surface area contributed by atoms with Crippen molar-refractivity contribution in [3.05, 3.63) is 59.6 Å². The van der Waals surface area contributed by atoms with Crippen LogP contribution in [0.2, 0.25) is 0 Å². The van der Waals surface area contributed by atoms with Crippen molar-refractivity contribution in [2.24, 2.45) is 0 Å². The number of carbonyl (C=O) groups excluding carboxylic acids is 1. The van der Waals surface area contributed by atoms with E-state index in [4.69, 9.17) is 4.42 Å². The highest BCUT2D eigenvalue weighted by atomic mass is 19.1. The average Bonchev–Trinajstić information content (AvgIpc) is 2.95. The van der Waals surface area contributed by atoms with Crippen LogP contribution in [0.15, 0.2) is 41.0 Å².